The predicted octanol–water partition coefficient (Wildman–Crippen LogP) is 2.27. The Kier molecular flexibility index (Phi) is 4.14. The summed E-state index contributed by atoms with van der Waals surface area (Å²) in [6.07, 6.45) is 3.89. The van der Waals surface area contributed by atoms with Gasteiger partial charge in [0, 0.05) is 6.42 Å². The van der Waals surface area contributed by atoms with Gasteiger partial charge in [-0.3, -0.25) is 4.79 Å². The van der Waals surface area contributed by atoms with E-state index in [-0.39, 0.29) is 17.7 Å². The maximum Gasteiger partial charge on any atom is 0.306 e. The molecule has 1 aliphatic carbocycles. The Balaban J connectivity index is 2.27. The van der Waals surface area contributed by atoms with Crippen LogP contribution in [0.25, 0.3) is 0 Å². The third kappa shape index (κ3) is 5.17. The van der Waals surface area contributed by atoms with Gasteiger partial charge in [0.2, 0.25) is 0 Å². The molecule has 1 fully saturated rings. The Labute approximate surface area is 91.8 Å². The van der Waals surface area contributed by atoms with Crippen molar-refractivity contribution in [1.82, 2.24) is 0 Å². The molecule has 3 heteroatoms. The van der Waals surface area contributed by atoms with Gasteiger partial charge in [-0.15, -0.1) is 0 Å². The zero-order valence-electron chi connectivity index (χ0n) is 9.95. The van der Waals surface area contributed by atoms with E-state index in [9.17, 15) is 9.90 Å². The van der Waals surface area contributed by atoms with E-state index in [1.165, 1.54) is 0 Å². The van der Waals surface area contributed by atoms with Crippen molar-refractivity contribution in [2.45, 2.75) is 64.6 Å². The lowest BCUT2D eigenvalue weighted by Gasteiger charge is -2.26. The maximum atomic E-state index is 11.5. The Morgan fingerprint density at radius 2 is 1.80 bits per heavy atom. The molecule has 0 unspecified atom stereocenters. The van der Waals surface area contributed by atoms with Crippen LogP contribution in [0.1, 0.15) is 52.9 Å². The molecule has 1 rings (SSSR count). The third-order valence-electron chi connectivity index (χ3n) is 2.69. The lowest BCUT2D eigenvalue weighted by atomic mass is 9.85. The minimum atomic E-state index is -0.384. The van der Waals surface area contributed by atoms with Gasteiger partial charge in [-0.1, -0.05) is 0 Å². The van der Waals surface area contributed by atoms with Crippen LogP contribution >= 0.6 is 0 Å². The highest BCUT2D eigenvalue weighted by atomic mass is 16.6. The van der Waals surface area contributed by atoms with Crippen molar-refractivity contribution in [2.24, 2.45) is 5.92 Å². The van der Waals surface area contributed by atoms with Crippen molar-refractivity contribution in [3.8, 4) is 0 Å². The minimum absolute atomic E-state index is 0.108. The molecule has 1 saturated carbocycles. The summed E-state index contributed by atoms with van der Waals surface area (Å²) in [6.45, 7) is 5.65. The fourth-order valence-electron chi connectivity index (χ4n) is 1.97. The smallest absolute Gasteiger partial charge is 0.306 e. The summed E-state index contributed by atoms with van der Waals surface area (Å²) in [5.41, 5.74) is -0.384. The highest BCUT2D eigenvalue weighted by molar-refractivity contribution is 5.70. The number of rotatable bonds is 2. The molecule has 0 spiro atoms. The second-order valence-electron chi connectivity index (χ2n) is 5.47. The zero-order chi connectivity index (χ0) is 11.5. The molecule has 0 aromatic heterocycles. The summed E-state index contributed by atoms with van der Waals surface area (Å²) in [5.74, 6) is 0.298. The number of aliphatic hydroxyl groups excluding tert-OH is 1. The van der Waals surface area contributed by atoms with Gasteiger partial charge in [0.25, 0.3) is 0 Å². The first kappa shape index (κ1) is 12.5. The quantitative estimate of drug-likeness (QED) is 0.717. The number of hydrogen-bond acceptors (Lipinski definition) is 3. The summed E-state index contributed by atoms with van der Waals surface area (Å²) in [7, 11) is 0. The van der Waals surface area contributed by atoms with E-state index in [1.54, 1.807) is 0 Å². The molecule has 3 nitrogen and oxygen atoms in total. The van der Waals surface area contributed by atoms with Gasteiger partial charge in [-0.05, 0) is 52.4 Å². The van der Waals surface area contributed by atoms with E-state index in [0.29, 0.717) is 12.3 Å². The molecule has 1 aliphatic rings. The average molecular weight is 214 g/mol. The Hall–Kier alpha value is -0.570. The second-order valence-corrected chi connectivity index (χ2v) is 5.47. The molecule has 15 heavy (non-hydrogen) atoms. The van der Waals surface area contributed by atoms with Crippen molar-refractivity contribution < 1.29 is 14.6 Å². The standard InChI is InChI=1S/C12H22O3/c1-12(2,3)15-11(14)8-9-4-6-10(13)7-5-9/h9-10,13H,4-8H2,1-3H3. The predicted molar refractivity (Wildman–Crippen MR) is 58.4 cm³/mol. The van der Waals surface area contributed by atoms with E-state index in [1.807, 2.05) is 20.8 Å². The van der Waals surface area contributed by atoms with E-state index >= 15 is 0 Å². The molecule has 0 aromatic carbocycles. The molecule has 88 valence electrons. The fraction of sp³-hybridized carbons (Fsp3) is 0.917. The van der Waals surface area contributed by atoms with E-state index in [2.05, 4.69) is 0 Å². The normalized spacial score (nSPS) is 27.5. The molecular weight excluding hydrogens is 192 g/mol. The largest absolute Gasteiger partial charge is 0.460 e. The van der Waals surface area contributed by atoms with E-state index in [0.717, 1.165) is 25.7 Å². The van der Waals surface area contributed by atoms with Crippen molar-refractivity contribution in [3.05, 3.63) is 0 Å². The fourth-order valence-corrected chi connectivity index (χ4v) is 1.97. The van der Waals surface area contributed by atoms with Crippen molar-refractivity contribution in [3.63, 3.8) is 0 Å². The summed E-state index contributed by atoms with van der Waals surface area (Å²) >= 11 is 0. The topological polar surface area (TPSA) is 46.5 Å². The lowest BCUT2D eigenvalue weighted by Crippen LogP contribution is -2.27. The molecule has 0 bridgehead atoms. The summed E-state index contributed by atoms with van der Waals surface area (Å²) in [6, 6.07) is 0. The van der Waals surface area contributed by atoms with Crippen LogP contribution in [-0.4, -0.2) is 22.8 Å². The van der Waals surface area contributed by atoms with Gasteiger partial charge in [0.1, 0.15) is 5.60 Å². The number of ether oxygens (including phenoxy) is 1. The number of carbonyl (C=O) groups excluding carboxylic acids is 1. The molecule has 0 saturated heterocycles. The SMILES string of the molecule is CC(C)(C)OC(=O)CC1CCC(O)CC1. The minimum Gasteiger partial charge on any atom is -0.460 e. The highest BCUT2D eigenvalue weighted by Crippen LogP contribution is 2.27. The summed E-state index contributed by atoms with van der Waals surface area (Å²) in [4.78, 5) is 11.5. The monoisotopic (exact) mass is 214 g/mol. The van der Waals surface area contributed by atoms with Crippen LogP contribution in [0.2, 0.25) is 0 Å². The van der Waals surface area contributed by atoms with Gasteiger partial charge in [-0.2, -0.15) is 0 Å². The molecule has 0 radical (unpaired) electrons. The first-order valence-corrected chi connectivity index (χ1v) is 5.77. The van der Waals surface area contributed by atoms with E-state index < -0.39 is 0 Å². The zero-order valence-corrected chi connectivity index (χ0v) is 9.95. The van der Waals surface area contributed by atoms with Crippen LogP contribution in [-0.2, 0) is 9.53 Å². The number of hydrogen-bond donors (Lipinski definition) is 1. The van der Waals surface area contributed by atoms with Crippen molar-refractivity contribution in [2.75, 3.05) is 0 Å². The first-order chi connectivity index (χ1) is 6.87. The van der Waals surface area contributed by atoms with Gasteiger partial charge >= 0.3 is 5.97 Å². The molecule has 1 N–H and O–H groups in total. The van der Waals surface area contributed by atoms with Crippen LogP contribution in [0.5, 0.6) is 0 Å². The van der Waals surface area contributed by atoms with Crippen LogP contribution in [0.15, 0.2) is 0 Å². The van der Waals surface area contributed by atoms with Gasteiger partial charge in [-0.25, -0.2) is 0 Å². The molecule has 0 amide bonds. The first-order valence-electron chi connectivity index (χ1n) is 5.77. The Morgan fingerprint density at radius 3 is 2.27 bits per heavy atom. The molecular formula is C12H22O3. The number of aliphatic hydroxyl groups is 1. The molecule has 0 aromatic rings. The second kappa shape index (κ2) is 4.97. The number of carbonyl (C=O) groups is 1. The lowest BCUT2D eigenvalue weighted by molar-refractivity contribution is -0.156. The van der Waals surface area contributed by atoms with Crippen LogP contribution in [0.4, 0.5) is 0 Å². The van der Waals surface area contributed by atoms with Gasteiger partial charge in [0.15, 0.2) is 0 Å². The van der Waals surface area contributed by atoms with Crippen molar-refractivity contribution in [1.29, 1.82) is 0 Å². The summed E-state index contributed by atoms with van der Waals surface area (Å²) < 4.78 is 5.27. The van der Waals surface area contributed by atoms with Crippen molar-refractivity contribution >= 4 is 5.97 Å². The molecule has 0 aliphatic heterocycles. The highest BCUT2D eigenvalue weighted by Gasteiger charge is 2.24. The Morgan fingerprint density at radius 1 is 1.27 bits per heavy atom. The van der Waals surface area contributed by atoms with Crippen LogP contribution in [0, 0.1) is 5.92 Å². The van der Waals surface area contributed by atoms with Gasteiger partial charge < -0.3 is 9.84 Å². The third-order valence-corrected chi connectivity index (χ3v) is 2.69. The maximum absolute atomic E-state index is 11.5. The van der Waals surface area contributed by atoms with Gasteiger partial charge in [0.05, 0.1) is 6.10 Å². The van der Waals surface area contributed by atoms with E-state index in [4.69, 9.17) is 4.74 Å². The Bertz CT molecular complexity index is 209. The van der Waals surface area contributed by atoms with Crippen LogP contribution < -0.4 is 0 Å². The average Bonchev–Trinajstić information content (AvgIpc) is 2.05. The number of esters is 1. The van der Waals surface area contributed by atoms with Crippen LogP contribution in [0.3, 0.4) is 0 Å². The molecule has 0 heterocycles. The summed E-state index contributed by atoms with van der Waals surface area (Å²) in [5, 5.41) is 9.33. The molecule has 0 atom stereocenters.